The molecule has 0 aliphatic heterocycles. The maximum Gasteiger partial charge on any atom is 0.257 e. The molecule has 1 saturated carbocycles. The number of carbonyl (C=O) groups is 1. The molecule has 3 heteroatoms. The highest BCUT2D eigenvalue weighted by atomic mass is 32.1. The number of carbonyl (C=O) groups excluding carboxylic acids is 1. The number of allylic oxidation sites excluding steroid dienone is 1. The molecule has 0 aromatic rings. The van der Waals surface area contributed by atoms with Gasteiger partial charge in [-0.15, -0.1) is 12.6 Å². The summed E-state index contributed by atoms with van der Waals surface area (Å²) in [7, 11) is 0. The fraction of sp³-hybridized carbons (Fsp3) is 0.571. The van der Waals surface area contributed by atoms with Crippen molar-refractivity contribution in [1.82, 2.24) is 5.32 Å². The maximum absolute atomic E-state index is 11.0. The third-order valence-electron chi connectivity index (χ3n) is 1.42. The van der Waals surface area contributed by atoms with Crippen LogP contribution in [0.25, 0.3) is 0 Å². The van der Waals surface area contributed by atoms with Crippen molar-refractivity contribution in [2.24, 2.45) is 0 Å². The zero-order chi connectivity index (χ0) is 7.56. The van der Waals surface area contributed by atoms with Gasteiger partial charge in [0.15, 0.2) is 0 Å². The molecule has 0 atom stereocenters. The Hall–Kier alpha value is -0.440. The van der Waals surface area contributed by atoms with Crippen LogP contribution >= 0.6 is 12.6 Å². The first-order valence-electron chi connectivity index (χ1n) is 3.40. The van der Waals surface area contributed by atoms with E-state index in [4.69, 9.17) is 0 Å². The van der Waals surface area contributed by atoms with Crippen LogP contribution in [0.2, 0.25) is 0 Å². The summed E-state index contributed by atoms with van der Waals surface area (Å²) in [5.74, 6) is -0.0478. The molecule has 1 rings (SSSR count). The summed E-state index contributed by atoms with van der Waals surface area (Å²) in [5.41, 5.74) is 0. The first-order valence-corrected chi connectivity index (χ1v) is 3.85. The van der Waals surface area contributed by atoms with E-state index in [1.165, 1.54) is 0 Å². The molecule has 0 bridgehead atoms. The van der Waals surface area contributed by atoms with Crippen molar-refractivity contribution in [3.63, 3.8) is 0 Å². The normalized spacial score (nSPS) is 18.8. The Kier molecular flexibility index (Phi) is 2.38. The van der Waals surface area contributed by atoms with Gasteiger partial charge < -0.3 is 5.32 Å². The Bertz CT molecular complexity index is 172. The van der Waals surface area contributed by atoms with Crippen LogP contribution in [0.4, 0.5) is 0 Å². The lowest BCUT2D eigenvalue weighted by Gasteiger charge is -1.99. The maximum atomic E-state index is 11.0. The molecular weight excluding hydrogens is 146 g/mol. The molecule has 1 amide bonds. The van der Waals surface area contributed by atoms with E-state index in [-0.39, 0.29) is 5.91 Å². The van der Waals surface area contributed by atoms with Gasteiger partial charge in [0.1, 0.15) is 0 Å². The number of nitrogens with one attached hydrogen (secondary N) is 1. The zero-order valence-corrected chi connectivity index (χ0v) is 6.82. The van der Waals surface area contributed by atoms with Gasteiger partial charge in [0.25, 0.3) is 5.91 Å². The molecular formula is C7H11NOS. The molecule has 1 aliphatic rings. The summed E-state index contributed by atoms with van der Waals surface area (Å²) in [6, 6.07) is 0.426. The minimum Gasteiger partial charge on any atom is -0.349 e. The van der Waals surface area contributed by atoms with Gasteiger partial charge in [-0.1, -0.05) is 6.08 Å². The quantitative estimate of drug-likeness (QED) is 0.456. The van der Waals surface area contributed by atoms with E-state index in [9.17, 15) is 4.79 Å². The summed E-state index contributed by atoms with van der Waals surface area (Å²) in [5, 5.41) is 2.82. The standard InChI is InChI=1S/C7H11NOS/c1-2-6(10)7(9)8-5-3-4-5/h2,5,10H,3-4H2,1H3,(H,8,9)/b6-2-. The number of hydrogen-bond donors (Lipinski definition) is 2. The Morgan fingerprint density at radius 3 is 2.70 bits per heavy atom. The molecule has 0 heterocycles. The largest absolute Gasteiger partial charge is 0.349 e. The number of thiol groups is 1. The molecule has 0 radical (unpaired) electrons. The van der Waals surface area contributed by atoms with Crippen molar-refractivity contribution < 1.29 is 4.79 Å². The predicted molar refractivity (Wildman–Crippen MR) is 43.9 cm³/mol. The SMILES string of the molecule is C/C=C(\S)C(=O)NC1CC1. The highest BCUT2D eigenvalue weighted by Crippen LogP contribution is 2.19. The smallest absolute Gasteiger partial charge is 0.257 e. The van der Waals surface area contributed by atoms with E-state index in [1.54, 1.807) is 13.0 Å². The first kappa shape index (κ1) is 7.66. The van der Waals surface area contributed by atoms with Gasteiger partial charge in [0.2, 0.25) is 0 Å². The average molecular weight is 157 g/mol. The molecule has 2 nitrogen and oxygen atoms in total. The van der Waals surface area contributed by atoms with Gasteiger partial charge in [0, 0.05) is 6.04 Å². The van der Waals surface area contributed by atoms with Crippen LogP contribution in [0, 0.1) is 0 Å². The van der Waals surface area contributed by atoms with Crippen LogP contribution in [-0.4, -0.2) is 11.9 Å². The Morgan fingerprint density at radius 1 is 1.70 bits per heavy atom. The lowest BCUT2D eigenvalue weighted by Crippen LogP contribution is -2.25. The second kappa shape index (κ2) is 3.10. The van der Waals surface area contributed by atoms with Crippen LogP contribution in [0.1, 0.15) is 19.8 Å². The van der Waals surface area contributed by atoms with E-state index in [2.05, 4.69) is 17.9 Å². The number of hydrogen-bond acceptors (Lipinski definition) is 2. The molecule has 0 aromatic heterocycles. The minimum atomic E-state index is -0.0478. The minimum absolute atomic E-state index is 0.0478. The molecule has 56 valence electrons. The third-order valence-corrected chi connectivity index (χ3v) is 1.88. The summed E-state index contributed by atoms with van der Waals surface area (Å²) in [6.07, 6.45) is 3.94. The Labute approximate surface area is 66.1 Å². The molecule has 1 fully saturated rings. The van der Waals surface area contributed by atoms with Gasteiger partial charge in [-0.2, -0.15) is 0 Å². The fourth-order valence-electron chi connectivity index (χ4n) is 0.618. The monoisotopic (exact) mass is 157 g/mol. The zero-order valence-electron chi connectivity index (χ0n) is 5.92. The van der Waals surface area contributed by atoms with Gasteiger partial charge in [-0.3, -0.25) is 4.79 Å². The molecule has 0 spiro atoms. The van der Waals surface area contributed by atoms with Crippen LogP contribution in [0.15, 0.2) is 11.0 Å². The van der Waals surface area contributed by atoms with Gasteiger partial charge in [-0.25, -0.2) is 0 Å². The first-order chi connectivity index (χ1) is 4.74. The molecule has 0 unspecified atom stereocenters. The van der Waals surface area contributed by atoms with E-state index in [0.717, 1.165) is 12.8 Å². The van der Waals surface area contributed by atoms with Crippen molar-refractivity contribution in [3.8, 4) is 0 Å². The number of amides is 1. The summed E-state index contributed by atoms with van der Waals surface area (Å²) >= 11 is 3.98. The van der Waals surface area contributed by atoms with Crippen molar-refractivity contribution in [2.45, 2.75) is 25.8 Å². The van der Waals surface area contributed by atoms with E-state index >= 15 is 0 Å². The van der Waals surface area contributed by atoms with Gasteiger partial charge in [0.05, 0.1) is 4.91 Å². The molecule has 10 heavy (non-hydrogen) atoms. The topological polar surface area (TPSA) is 29.1 Å². The van der Waals surface area contributed by atoms with Crippen LogP contribution in [-0.2, 0) is 4.79 Å². The third kappa shape index (κ3) is 2.06. The van der Waals surface area contributed by atoms with Crippen molar-refractivity contribution in [2.75, 3.05) is 0 Å². The number of rotatable bonds is 2. The van der Waals surface area contributed by atoms with Crippen LogP contribution < -0.4 is 5.32 Å². The predicted octanol–water partition coefficient (Wildman–Crippen LogP) is 1.10. The second-order valence-electron chi connectivity index (χ2n) is 2.42. The fourth-order valence-corrected chi connectivity index (χ4v) is 0.683. The lowest BCUT2D eigenvalue weighted by molar-refractivity contribution is -0.116. The molecule has 0 saturated heterocycles. The van der Waals surface area contributed by atoms with Gasteiger partial charge >= 0.3 is 0 Å². The second-order valence-corrected chi connectivity index (χ2v) is 2.90. The molecule has 0 aromatic carbocycles. The Balaban J connectivity index is 2.32. The lowest BCUT2D eigenvalue weighted by atomic mass is 10.5. The van der Waals surface area contributed by atoms with E-state index in [1.807, 2.05) is 0 Å². The summed E-state index contributed by atoms with van der Waals surface area (Å²) in [6.45, 7) is 1.80. The van der Waals surface area contributed by atoms with Crippen molar-refractivity contribution >= 4 is 18.5 Å². The van der Waals surface area contributed by atoms with Crippen LogP contribution in [0.5, 0.6) is 0 Å². The average Bonchev–Trinajstić information content (AvgIpc) is 2.70. The summed E-state index contributed by atoms with van der Waals surface area (Å²) < 4.78 is 0. The molecule has 1 aliphatic carbocycles. The highest BCUT2D eigenvalue weighted by Gasteiger charge is 2.23. The van der Waals surface area contributed by atoms with E-state index in [0.29, 0.717) is 10.9 Å². The highest BCUT2D eigenvalue weighted by molar-refractivity contribution is 7.85. The Morgan fingerprint density at radius 2 is 2.30 bits per heavy atom. The van der Waals surface area contributed by atoms with Crippen LogP contribution in [0.3, 0.4) is 0 Å². The summed E-state index contributed by atoms with van der Waals surface area (Å²) in [4.78, 5) is 11.5. The van der Waals surface area contributed by atoms with Crippen molar-refractivity contribution in [1.29, 1.82) is 0 Å². The van der Waals surface area contributed by atoms with E-state index < -0.39 is 0 Å². The van der Waals surface area contributed by atoms with Crippen molar-refractivity contribution in [3.05, 3.63) is 11.0 Å². The molecule has 1 N–H and O–H groups in total. The van der Waals surface area contributed by atoms with Gasteiger partial charge in [-0.05, 0) is 19.8 Å².